The van der Waals surface area contributed by atoms with Gasteiger partial charge < -0.3 is 15.1 Å². The fraction of sp³-hybridized carbons (Fsp3) is 0.526. The third-order valence-electron chi connectivity index (χ3n) is 4.99. The van der Waals surface area contributed by atoms with Crippen LogP contribution in [0.25, 0.3) is 0 Å². The van der Waals surface area contributed by atoms with Crippen molar-refractivity contribution < 1.29 is 4.79 Å². The Balaban J connectivity index is 1.32. The third-order valence-corrected chi connectivity index (χ3v) is 6.03. The van der Waals surface area contributed by atoms with Crippen molar-refractivity contribution in [1.82, 2.24) is 25.1 Å². The number of anilines is 1. The Morgan fingerprint density at radius 2 is 2.00 bits per heavy atom. The normalized spacial score (nSPS) is 16.1. The minimum absolute atomic E-state index is 0.0121. The van der Waals surface area contributed by atoms with Crippen LogP contribution in [0.1, 0.15) is 24.3 Å². The fourth-order valence-corrected chi connectivity index (χ4v) is 3.97. The monoisotopic (exact) mass is 388 g/mol. The van der Waals surface area contributed by atoms with E-state index in [1.807, 2.05) is 24.6 Å². The van der Waals surface area contributed by atoms with E-state index in [1.165, 1.54) is 4.88 Å². The summed E-state index contributed by atoms with van der Waals surface area (Å²) in [6, 6.07) is 6.01. The molecule has 27 heavy (non-hydrogen) atoms. The van der Waals surface area contributed by atoms with Crippen LogP contribution < -0.4 is 10.2 Å². The molecule has 1 N–H and O–H groups in total. The minimum Gasteiger partial charge on any atom is -0.338 e. The molecule has 0 aromatic carbocycles. The van der Waals surface area contributed by atoms with Gasteiger partial charge in [-0.25, -0.2) is 14.8 Å². The third kappa shape index (κ3) is 5.40. The number of hydrogen-bond donors (Lipinski definition) is 1. The Morgan fingerprint density at radius 3 is 2.67 bits per heavy atom. The number of nitrogens with one attached hydrogen (secondary N) is 1. The number of carbonyl (C=O) groups excluding carboxylic acids is 1. The first-order valence-electron chi connectivity index (χ1n) is 9.43. The molecule has 3 rings (SSSR count). The molecule has 1 fully saturated rings. The molecule has 1 saturated heterocycles. The van der Waals surface area contributed by atoms with Crippen LogP contribution in [0.15, 0.2) is 36.0 Å². The predicted octanol–water partition coefficient (Wildman–Crippen LogP) is 2.45. The Morgan fingerprint density at radius 1 is 1.26 bits per heavy atom. The lowest BCUT2D eigenvalue weighted by Gasteiger charge is -2.34. The molecule has 1 unspecified atom stereocenters. The molecule has 3 heterocycles. The SMILES string of the molecule is CC(c1cccs1)N(C)C(=O)NCCCN1CCN(c2ncccn2)CC1. The lowest BCUT2D eigenvalue weighted by atomic mass is 10.2. The zero-order chi connectivity index (χ0) is 19.1. The molecule has 146 valence electrons. The molecule has 8 heteroatoms. The fourth-order valence-electron chi connectivity index (χ4n) is 3.14. The molecule has 0 spiro atoms. The van der Waals surface area contributed by atoms with E-state index in [4.69, 9.17) is 0 Å². The number of piperazine rings is 1. The van der Waals surface area contributed by atoms with Crippen molar-refractivity contribution in [2.75, 3.05) is 51.2 Å². The Hall–Kier alpha value is -2.19. The molecule has 1 aliphatic rings. The average molecular weight is 389 g/mol. The van der Waals surface area contributed by atoms with E-state index in [0.717, 1.165) is 45.1 Å². The van der Waals surface area contributed by atoms with Gasteiger partial charge in [0.25, 0.3) is 0 Å². The molecule has 1 aliphatic heterocycles. The first-order valence-corrected chi connectivity index (χ1v) is 10.3. The second kappa shape index (κ2) is 9.66. The first-order chi connectivity index (χ1) is 13.1. The maximum absolute atomic E-state index is 12.3. The summed E-state index contributed by atoms with van der Waals surface area (Å²) in [4.78, 5) is 28.6. The molecule has 2 aromatic heterocycles. The van der Waals surface area contributed by atoms with Crippen LogP contribution >= 0.6 is 11.3 Å². The molecule has 0 saturated carbocycles. The van der Waals surface area contributed by atoms with Gasteiger partial charge in [-0.05, 0) is 37.4 Å². The number of hydrogen-bond acceptors (Lipinski definition) is 6. The van der Waals surface area contributed by atoms with E-state index in [2.05, 4.69) is 38.1 Å². The highest BCUT2D eigenvalue weighted by Gasteiger charge is 2.19. The van der Waals surface area contributed by atoms with Gasteiger partial charge in [0.05, 0.1) is 6.04 Å². The first kappa shape index (κ1) is 19.6. The molecule has 7 nitrogen and oxygen atoms in total. The van der Waals surface area contributed by atoms with Gasteiger partial charge in [0.15, 0.2) is 0 Å². The Bertz CT molecular complexity index is 687. The minimum atomic E-state index is -0.0121. The van der Waals surface area contributed by atoms with E-state index in [9.17, 15) is 4.79 Å². The van der Waals surface area contributed by atoms with Crippen molar-refractivity contribution in [2.24, 2.45) is 0 Å². The van der Waals surface area contributed by atoms with Crippen LogP contribution in [0.3, 0.4) is 0 Å². The summed E-state index contributed by atoms with van der Waals surface area (Å²) in [6.07, 6.45) is 4.52. The van der Waals surface area contributed by atoms with Gasteiger partial charge in [-0.2, -0.15) is 0 Å². The van der Waals surface area contributed by atoms with E-state index in [-0.39, 0.29) is 12.1 Å². The standard InChI is InChI=1S/C19H28N6OS/c1-16(17-6-3-15-27-17)23(2)19(26)22-9-5-10-24-11-13-25(14-12-24)18-20-7-4-8-21-18/h3-4,6-8,15-16H,5,9-14H2,1-2H3,(H,22,26). The quantitative estimate of drug-likeness (QED) is 0.738. The summed E-state index contributed by atoms with van der Waals surface area (Å²) in [5, 5.41) is 5.08. The largest absolute Gasteiger partial charge is 0.338 e. The maximum atomic E-state index is 12.3. The van der Waals surface area contributed by atoms with E-state index < -0.39 is 0 Å². The van der Waals surface area contributed by atoms with Crippen LogP contribution in [-0.4, -0.2) is 72.1 Å². The molecule has 0 aliphatic carbocycles. The molecule has 0 bridgehead atoms. The van der Waals surface area contributed by atoms with Gasteiger partial charge in [-0.15, -0.1) is 11.3 Å². The zero-order valence-electron chi connectivity index (χ0n) is 16.0. The number of rotatable bonds is 7. The van der Waals surface area contributed by atoms with Crippen LogP contribution in [0, 0.1) is 0 Å². The van der Waals surface area contributed by atoms with Crippen LogP contribution in [0.2, 0.25) is 0 Å². The van der Waals surface area contributed by atoms with Gasteiger partial charge >= 0.3 is 6.03 Å². The summed E-state index contributed by atoms with van der Waals surface area (Å²) in [5.74, 6) is 0.812. The van der Waals surface area contributed by atoms with Crippen molar-refractivity contribution >= 4 is 23.3 Å². The van der Waals surface area contributed by atoms with E-state index in [1.54, 1.807) is 28.6 Å². The number of urea groups is 1. The maximum Gasteiger partial charge on any atom is 0.317 e. The second-order valence-corrected chi connectivity index (χ2v) is 7.74. The summed E-state index contributed by atoms with van der Waals surface area (Å²) in [5.41, 5.74) is 0. The van der Waals surface area contributed by atoms with E-state index in [0.29, 0.717) is 6.54 Å². The Kier molecular flexibility index (Phi) is 7.00. The number of carbonyl (C=O) groups is 1. The molecular formula is C19H28N6OS. The number of thiophene rings is 1. The highest BCUT2D eigenvalue weighted by molar-refractivity contribution is 7.10. The summed E-state index contributed by atoms with van der Waals surface area (Å²) < 4.78 is 0. The molecule has 1 atom stereocenters. The van der Waals surface area contributed by atoms with Crippen LogP contribution in [-0.2, 0) is 0 Å². The smallest absolute Gasteiger partial charge is 0.317 e. The van der Waals surface area contributed by atoms with Gasteiger partial charge in [0.1, 0.15) is 0 Å². The van der Waals surface area contributed by atoms with Crippen molar-refractivity contribution in [1.29, 1.82) is 0 Å². The lowest BCUT2D eigenvalue weighted by molar-refractivity contribution is 0.193. The second-order valence-electron chi connectivity index (χ2n) is 6.77. The lowest BCUT2D eigenvalue weighted by Crippen LogP contribution is -2.47. The molecular weight excluding hydrogens is 360 g/mol. The van der Waals surface area contributed by atoms with Gasteiger partial charge in [0.2, 0.25) is 5.95 Å². The molecule has 0 radical (unpaired) electrons. The number of nitrogens with zero attached hydrogens (tertiary/aromatic N) is 5. The van der Waals surface area contributed by atoms with Crippen LogP contribution in [0.5, 0.6) is 0 Å². The van der Waals surface area contributed by atoms with Gasteiger partial charge in [0, 0.05) is 57.0 Å². The summed E-state index contributed by atoms with van der Waals surface area (Å²) in [6.45, 7) is 7.63. The van der Waals surface area contributed by atoms with Crippen molar-refractivity contribution in [2.45, 2.75) is 19.4 Å². The Labute approximate surface area is 165 Å². The highest BCUT2D eigenvalue weighted by atomic mass is 32.1. The van der Waals surface area contributed by atoms with Crippen molar-refractivity contribution in [3.8, 4) is 0 Å². The van der Waals surface area contributed by atoms with E-state index >= 15 is 0 Å². The van der Waals surface area contributed by atoms with Gasteiger partial charge in [-0.3, -0.25) is 4.90 Å². The average Bonchev–Trinajstić information content (AvgIpc) is 3.26. The summed E-state index contributed by atoms with van der Waals surface area (Å²) in [7, 11) is 1.85. The van der Waals surface area contributed by atoms with Crippen LogP contribution in [0.4, 0.5) is 10.7 Å². The number of amides is 2. The topological polar surface area (TPSA) is 64.6 Å². The van der Waals surface area contributed by atoms with Gasteiger partial charge in [-0.1, -0.05) is 6.07 Å². The summed E-state index contributed by atoms with van der Waals surface area (Å²) >= 11 is 1.68. The predicted molar refractivity (Wildman–Crippen MR) is 109 cm³/mol. The van der Waals surface area contributed by atoms with Crippen molar-refractivity contribution in [3.63, 3.8) is 0 Å². The highest BCUT2D eigenvalue weighted by Crippen LogP contribution is 2.23. The number of aromatic nitrogens is 2. The molecule has 2 amide bonds. The van der Waals surface area contributed by atoms with Crippen molar-refractivity contribution in [3.05, 3.63) is 40.8 Å². The zero-order valence-corrected chi connectivity index (χ0v) is 16.9. The molecule has 2 aromatic rings.